The first-order valence-corrected chi connectivity index (χ1v) is 9.74. The van der Waals surface area contributed by atoms with E-state index in [1.807, 2.05) is 28.8 Å². The fourth-order valence-corrected chi connectivity index (χ4v) is 3.00. The Kier molecular flexibility index (Phi) is 7.08. The van der Waals surface area contributed by atoms with Crippen LogP contribution in [0, 0.1) is 0 Å². The number of carbonyl (C=O) groups excluding carboxylic acids is 2. The number of benzene rings is 2. The molecule has 3 rings (SSSR count). The molecule has 2 N–H and O–H groups in total. The molecular formula is C21H23ClN4O3. The smallest absolute Gasteiger partial charge is 0.240 e. The van der Waals surface area contributed by atoms with Gasteiger partial charge in [0.25, 0.3) is 0 Å². The molecule has 152 valence electrons. The van der Waals surface area contributed by atoms with Crippen LogP contribution in [0.3, 0.4) is 0 Å². The lowest BCUT2D eigenvalue weighted by Crippen LogP contribution is -2.31. The van der Waals surface area contributed by atoms with E-state index in [4.69, 9.17) is 16.3 Å². The minimum Gasteiger partial charge on any atom is -0.486 e. The van der Waals surface area contributed by atoms with Gasteiger partial charge >= 0.3 is 0 Å². The second kappa shape index (κ2) is 9.93. The van der Waals surface area contributed by atoms with Crippen LogP contribution in [0.15, 0.2) is 48.5 Å². The van der Waals surface area contributed by atoms with E-state index in [2.05, 4.69) is 15.6 Å². The van der Waals surface area contributed by atoms with Gasteiger partial charge in [-0.25, -0.2) is 4.98 Å². The summed E-state index contributed by atoms with van der Waals surface area (Å²) in [5, 5.41) is 6.21. The van der Waals surface area contributed by atoms with Crippen LogP contribution in [0.2, 0.25) is 5.02 Å². The van der Waals surface area contributed by atoms with Gasteiger partial charge in [0.1, 0.15) is 24.7 Å². The van der Waals surface area contributed by atoms with Crippen LogP contribution in [0.1, 0.15) is 19.2 Å². The molecule has 0 atom stereocenters. The average Bonchev–Trinajstić information content (AvgIpc) is 3.04. The summed E-state index contributed by atoms with van der Waals surface area (Å²) in [5.41, 5.74) is 1.68. The van der Waals surface area contributed by atoms with Crippen LogP contribution < -0.4 is 15.4 Å². The van der Waals surface area contributed by atoms with E-state index in [0.29, 0.717) is 36.1 Å². The Bertz CT molecular complexity index is 985. The number of carbonyl (C=O) groups is 2. The van der Waals surface area contributed by atoms with Crippen molar-refractivity contribution in [3.8, 4) is 5.75 Å². The van der Waals surface area contributed by atoms with Gasteiger partial charge in [0.15, 0.2) is 0 Å². The van der Waals surface area contributed by atoms with Crippen molar-refractivity contribution in [2.75, 3.05) is 13.1 Å². The molecule has 1 aromatic heterocycles. The lowest BCUT2D eigenvalue weighted by molar-refractivity contribution is -0.121. The number of nitrogens with one attached hydrogen (secondary N) is 2. The first kappa shape index (κ1) is 20.7. The molecule has 0 radical (unpaired) electrons. The summed E-state index contributed by atoms with van der Waals surface area (Å²) in [4.78, 5) is 27.9. The molecule has 2 aromatic carbocycles. The molecule has 0 fully saturated rings. The standard InChI is InChI=1S/C21H23ClN4O3/c1-15(27)23-11-4-12-24-21(28)13-26-19-6-3-2-5-18(19)25-20(26)14-29-17-9-7-16(22)8-10-17/h2-3,5-10H,4,11-14H2,1H3,(H,23,27)(H,24,28). The Labute approximate surface area is 174 Å². The third-order valence-corrected chi connectivity index (χ3v) is 4.52. The van der Waals surface area contributed by atoms with Crippen molar-refractivity contribution < 1.29 is 14.3 Å². The minimum absolute atomic E-state index is 0.0773. The van der Waals surface area contributed by atoms with Crippen molar-refractivity contribution in [1.29, 1.82) is 0 Å². The van der Waals surface area contributed by atoms with Crippen molar-refractivity contribution in [3.63, 3.8) is 0 Å². The largest absolute Gasteiger partial charge is 0.486 e. The molecule has 1 heterocycles. The van der Waals surface area contributed by atoms with E-state index in [0.717, 1.165) is 11.0 Å². The predicted molar refractivity (Wildman–Crippen MR) is 112 cm³/mol. The Morgan fingerprint density at radius 2 is 1.79 bits per heavy atom. The molecule has 0 spiro atoms. The first-order valence-electron chi connectivity index (χ1n) is 9.36. The third-order valence-electron chi connectivity index (χ3n) is 4.27. The van der Waals surface area contributed by atoms with E-state index in [1.54, 1.807) is 24.3 Å². The quantitative estimate of drug-likeness (QED) is 0.527. The maximum atomic E-state index is 12.4. The fraction of sp³-hybridized carbons (Fsp3) is 0.286. The summed E-state index contributed by atoms with van der Waals surface area (Å²) >= 11 is 5.90. The van der Waals surface area contributed by atoms with Crippen molar-refractivity contribution in [1.82, 2.24) is 20.2 Å². The number of halogens is 1. The molecule has 0 aliphatic heterocycles. The van der Waals surface area contributed by atoms with Gasteiger partial charge in [0.2, 0.25) is 11.8 Å². The number of rotatable bonds is 9. The van der Waals surface area contributed by atoms with Crippen LogP contribution in [0.4, 0.5) is 0 Å². The third kappa shape index (κ3) is 5.96. The molecule has 8 heteroatoms. The number of fused-ring (bicyclic) bond motifs is 1. The van der Waals surface area contributed by atoms with Crippen LogP contribution in [0.25, 0.3) is 11.0 Å². The summed E-state index contributed by atoms with van der Waals surface area (Å²) in [5.74, 6) is 1.14. The van der Waals surface area contributed by atoms with Gasteiger partial charge in [-0.2, -0.15) is 0 Å². The number of amides is 2. The summed E-state index contributed by atoms with van der Waals surface area (Å²) in [6.45, 7) is 2.86. The molecule has 3 aromatic rings. The molecule has 0 unspecified atom stereocenters. The van der Waals surface area contributed by atoms with Crippen molar-refractivity contribution in [2.45, 2.75) is 26.5 Å². The highest BCUT2D eigenvalue weighted by Crippen LogP contribution is 2.20. The maximum absolute atomic E-state index is 12.4. The molecule has 29 heavy (non-hydrogen) atoms. The number of nitrogens with zero attached hydrogens (tertiary/aromatic N) is 2. The number of para-hydroxylation sites is 2. The monoisotopic (exact) mass is 414 g/mol. The summed E-state index contributed by atoms with van der Waals surface area (Å²) in [6, 6.07) is 14.7. The SMILES string of the molecule is CC(=O)NCCCNC(=O)Cn1c(COc2ccc(Cl)cc2)nc2ccccc21. The highest BCUT2D eigenvalue weighted by atomic mass is 35.5. The van der Waals surface area contributed by atoms with Gasteiger partial charge in [-0.1, -0.05) is 23.7 Å². The fourth-order valence-electron chi connectivity index (χ4n) is 2.87. The normalized spacial score (nSPS) is 10.7. The van der Waals surface area contributed by atoms with Gasteiger partial charge in [0.05, 0.1) is 11.0 Å². The zero-order valence-corrected chi connectivity index (χ0v) is 16.9. The molecule has 0 saturated heterocycles. The summed E-state index contributed by atoms with van der Waals surface area (Å²) < 4.78 is 7.68. The molecular weight excluding hydrogens is 392 g/mol. The zero-order chi connectivity index (χ0) is 20.6. The number of imidazole rings is 1. The van der Waals surface area contributed by atoms with Gasteiger partial charge in [0, 0.05) is 25.0 Å². The Morgan fingerprint density at radius 1 is 1.07 bits per heavy atom. The zero-order valence-electron chi connectivity index (χ0n) is 16.2. The van der Waals surface area contributed by atoms with Crippen LogP contribution in [0.5, 0.6) is 5.75 Å². The van der Waals surface area contributed by atoms with Gasteiger partial charge < -0.3 is 19.9 Å². The van der Waals surface area contributed by atoms with Crippen molar-refractivity contribution in [3.05, 3.63) is 59.4 Å². The number of hydrogen-bond acceptors (Lipinski definition) is 4. The maximum Gasteiger partial charge on any atom is 0.240 e. The molecule has 7 nitrogen and oxygen atoms in total. The van der Waals surface area contributed by atoms with E-state index < -0.39 is 0 Å². The second-order valence-corrected chi connectivity index (χ2v) is 6.97. The van der Waals surface area contributed by atoms with Gasteiger partial charge in [-0.15, -0.1) is 0 Å². The van der Waals surface area contributed by atoms with Crippen molar-refractivity contribution >= 4 is 34.4 Å². The van der Waals surface area contributed by atoms with Crippen LogP contribution >= 0.6 is 11.6 Å². The second-order valence-electron chi connectivity index (χ2n) is 6.53. The van der Waals surface area contributed by atoms with Crippen LogP contribution in [-0.2, 0) is 22.7 Å². The minimum atomic E-state index is -0.122. The number of ether oxygens (including phenoxy) is 1. The highest BCUT2D eigenvalue weighted by molar-refractivity contribution is 6.30. The number of hydrogen-bond donors (Lipinski definition) is 2. The van der Waals surface area contributed by atoms with E-state index in [-0.39, 0.29) is 25.0 Å². The van der Waals surface area contributed by atoms with E-state index in [1.165, 1.54) is 6.92 Å². The molecule has 0 bridgehead atoms. The molecule has 0 aliphatic carbocycles. The predicted octanol–water partition coefficient (Wildman–Crippen LogP) is 2.91. The van der Waals surface area contributed by atoms with Gasteiger partial charge in [-0.05, 0) is 42.8 Å². The van der Waals surface area contributed by atoms with E-state index >= 15 is 0 Å². The number of aromatic nitrogens is 2. The van der Waals surface area contributed by atoms with E-state index in [9.17, 15) is 9.59 Å². The average molecular weight is 415 g/mol. The summed E-state index contributed by atoms with van der Waals surface area (Å²) in [7, 11) is 0. The Hall–Kier alpha value is -3.06. The Morgan fingerprint density at radius 3 is 2.55 bits per heavy atom. The molecule has 2 amide bonds. The lowest BCUT2D eigenvalue weighted by Gasteiger charge is -2.11. The lowest BCUT2D eigenvalue weighted by atomic mass is 10.3. The highest BCUT2D eigenvalue weighted by Gasteiger charge is 2.14. The van der Waals surface area contributed by atoms with Gasteiger partial charge in [-0.3, -0.25) is 9.59 Å². The molecule has 0 saturated carbocycles. The van der Waals surface area contributed by atoms with Crippen LogP contribution in [-0.4, -0.2) is 34.5 Å². The van der Waals surface area contributed by atoms with Crippen molar-refractivity contribution in [2.24, 2.45) is 0 Å². The Balaban J connectivity index is 1.65. The summed E-state index contributed by atoms with van der Waals surface area (Å²) in [6.07, 6.45) is 0.669. The topological polar surface area (TPSA) is 85.2 Å². The molecule has 0 aliphatic rings. The first-order chi connectivity index (χ1) is 14.0.